The molecule has 2 atom stereocenters. The maximum Gasteiger partial charge on any atom is 0.257 e. The first-order chi connectivity index (χ1) is 19.5. The molecule has 9 nitrogen and oxygen atoms in total. The van der Waals surface area contributed by atoms with Gasteiger partial charge in [0.2, 0.25) is 10.0 Å². The molecule has 4 aliphatic rings. The van der Waals surface area contributed by atoms with E-state index in [4.69, 9.17) is 0 Å². The molecule has 3 saturated heterocycles. The largest absolute Gasteiger partial charge is 0.338 e. The number of amides is 1. The van der Waals surface area contributed by atoms with Gasteiger partial charge in [0.15, 0.2) is 0 Å². The van der Waals surface area contributed by atoms with Crippen LogP contribution < -0.4 is 0 Å². The third kappa shape index (κ3) is 6.65. The zero-order valence-corrected chi connectivity index (χ0v) is 26.8. The van der Waals surface area contributed by atoms with E-state index in [1.807, 2.05) is 18.7 Å². The standard InChI is InChI=1S/C31H52N6O3S/c1-23-21-35(31(4)13-17-34(18-14-31)30(38)28-24(2)32-22-33-25(28)3)19-20-37(23)29(26-9-7-6-8-10-26)27-11-15-36(16-12-27)41(5,39)40/h22-23,26-27,29H,6-21H2,1-5H3/t23-,29-/m0/s1. The lowest BCUT2D eigenvalue weighted by atomic mass is 9.74. The third-order valence-corrected chi connectivity index (χ3v) is 12.3. The summed E-state index contributed by atoms with van der Waals surface area (Å²) in [5.74, 6) is 1.37. The van der Waals surface area contributed by atoms with E-state index < -0.39 is 10.0 Å². The summed E-state index contributed by atoms with van der Waals surface area (Å²) in [6.07, 6.45) is 13.5. The Morgan fingerprint density at radius 3 is 2.05 bits per heavy atom. The molecule has 1 aromatic heterocycles. The molecule has 1 aromatic rings. The van der Waals surface area contributed by atoms with Gasteiger partial charge >= 0.3 is 0 Å². The number of sulfonamides is 1. The van der Waals surface area contributed by atoms with Crippen molar-refractivity contribution >= 4 is 15.9 Å². The van der Waals surface area contributed by atoms with Gasteiger partial charge in [-0.1, -0.05) is 19.3 Å². The van der Waals surface area contributed by atoms with E-state index in [0.29, 0.717) is 36.7 Å². The Labute approximate surface area is 248 Å². The number of likely N-dealkylation sites (tertiary alicyclic amines) is 1. The second-order valence-electron chi connectivity index (χ2n) is 13.6. The Balaban J connectivity index is 1.23. The fourth-order valence-corrected chi connectivity index (χ4v) is 9.30. The van der Waals surface area contributed by atoms with Crippen molar-refractivity contribution in [1.82, 2.24) is 29.0 Å². The van der Waals surface area contributed by atoms with Crippen molar-refractivity contribution in [3.05, 3.63) is 23.3 Å². The van der Waals surface area contributed by atoms with Gasteiger partial charge in [-0.3, -0.25) is 14.6 Å². The van der Waals surface area contributed by atoms with Crippen LogP contribution in [-0.4, -0.2) is 113 Å². The van der Waals surface area contributed by atoms with Gasteiger partial charge in [-0.2, -0.15) is 0 Å². The van der Waals surface area contributed by atoms with Crippen molar-refractivity contribution in [3.8, 4) is 0 Å². The van der Waals surface area contributed by atoms with Crippen molar-refractivity contribution in [3.63, 3.8) is 0 Å². The maximum atomic E-state index is 13.4. The van der Waals surface area contributed by atoms with E-state index in [2.05, 4.69) is 33.6 Å². The molecule has 0 unspecified atom stereocenters. The van der Waals surface area contributed by atoms with Crippen LogP contribution in [0, 0.1) is 25.7 Å². The van der Waals surface area contributed by atoms with E-state index in [-0.39, 0.29) is 11.4 Å². The fraction of sp³-hybridized carbons (Fsp3) is 0.839. The molecular formula is C31H52N6O3S. The summed E-state index contributed by atoms with van der Waals surface area (Å²) in [4.78, 5) is 29.4. The van der Waals surface area contributed by atoms with Gasteiger partial charge in [0.1, 0.15) is 6.33 Å². The number of carbonyl (C=O) groups excluding carboxylic acids is 1. The van der Waals surface area contributed by atoms with E-state index in [1.54, 1.807) is 4.31 Å². The monoisotopic (exact) mass is 588 g/mol. The highest BCUT2D eigenvalue weighted by Gasteiger charge is 2.44. The van der Waals surface area contributed by atoms with Crippen molar-refractivity contribution in [2.45, 2.75) is 103 Å². The summed E-state index contributed by atoms with van der Waals surface area (Å²) in [6.45, 7) is 14.7. The normalized spacial score (nSPS) is 27.1. The first-order valence-electron chi connectivity index (χ1n) is 16.0. The molecule has 5 rings (SSSR count). The predicted molar refractivity (Wildman–Crippen MR) is 162 cm³/mol. The topological polar surface area (TPSA) is 90.0 Å². The van der Waals surface area contributed by atoms with Gasteiger partial charge in [0.25, 0.3) is 5.91 Å². The van der Waals surface area contributed by atoms with Crippen LogP contribution in [0.2, 0.25) is 0 Å². The Kier molecular flexibility index (Phi) is 9.43. The summed E-state index contributed by atoms with van der Waals surface area (Å²) < 4.78 is 26.0. The summed E-state index contributed by atoms with van der Waals surface area (Å²) in [7, 11) is -3.11. The molecule has 0 aromatic carbocycles. The van der Waals surface area contributed by atoms with Crippen LogP contribution in [0.25, 0.3) is 0 Å². The van der Waals surface area contributed by atoms with Gasteiger partial charge in [-0.05, 0) is 78.1 Å². The fourth-order valence-electron chi connectivity index (χ4n) is 8.42. The zero-order chi connectivity index (χ0) is 29.4. The van der Waals surface area contributed by atoms with Crippen LogP contribution in [0.3, 0.4) is 0 Å². The van der Waals surface area contributed by atoms with Crippen molar-refractivity contribution in [2.24, 2.45) is 11.8 Å². The maximum absolute atomic E-state index is 13.4. The Bertz CT molecular complexity index is 1150. The van der Waals surface area contributed by atoms with Crippen LogP contribution in [0.4, 0.5) is 0 Å². The highest BCUT2D eigenvalue weighted by molar-refractivity contribution is 7.88. The van der Waals surface area contributed by atoms with Crippen molar-refractivity contribution in [1.29, 1.82) is 0 Å². The Morgan fingerprint density at radius 2 is 1.49 bits per heavy atom. The lowest BCUT2D eigenvalue weighted by Gasteiger charge is -2.55. The van der Waals surface area contributed by atoms with Crippen molar-refractivity contribution < 1.29 is 13.2 Å². The summed E-state index contributed by atoms with van der Waals surface area (Å²) in [5.41, 5.74) is 2.27. The Hall–Kier alpha value is -1.62. The number of piperidine rings is 2. The van der Waals surface area contributed by atoms with Gasteiger partial charge in [-0.25, -0.2) is 22.7 Å². The second-order valence-corrected chi connectivity index (χ2v) is 15.6. The number of hydrogen-bond acceptors (Lipinski definition) is 7. The molecule has 0 bridgehead atoms. The summed E-state index contributed by atoms with van der Waals surface area (Å²) in [6, 6.07) is 1.02. The molecule has 0 radical (unpaired) electrons. The molecule has 0 N–H and O–H groups in total. The average Bonchev–Trinajstić information content (AvgIpc) is 2.94. The zero-order valence-electron chi connectivity index (χ0n) is 26.0. The van der Waals surface area contributed by atoms with Gasteiger partial charge in [0, 0.05) is 63.4 Å². The third-order valence-electron chi connectivity index (χ3n) is 11.0. The highest BCUT2D eigenvalue weighted by atomic mass is 32.2. The number of aromatic nitrogens is 2. The van der Waals surface area contributed by atoms with Crippen LogP contribution in [0.1, 0.15) is 93.4 Å². The minimum atomic E-state index is -3.11. The number of rotatable bonds is 6. The van der Waals surface area contributed by atoms with Crippen LogP contribution in [0.15, 0.2) is 6.33 Å². The predicted octanol–water partition coefficient (Wildman–Crippen LogP) is 3.71. The Morgan fingerprint density at radius 1 is 0.902 bits per heavy atom. The number of carbonyl (C=O) groups is 1. The minimum absolute atomic E-state index is 0.0677. The van der Waals surface area contributed by atoms with Crippen LogP contribution in [-0.2, 0) is 10.0 Å². The molecule has 41 heavy (non-hydrogen) atoms. The SMILES string of the molecule is Cc1ncnc(C)c1C(=O)N1CCC(C)(N2CCN([C@@H](C3CCCCC3)C3CCN(S(C)(=O)=O)CC3)[C@@H](C)C2)CC1. The first kappa shape index (κ1) is 30.8. The van der Waals surface area contributed by atoms with Gasteiger partial charge in [-0.15, -0.1) is 0 Å². The van der Waals surface area contributed by atoms with E-state index in [9.17, 15) is 13.2 Å². The molecule has 230 valence electrons. The van der Waals surface area contributed by atoms with Crippen LogP contribution >= 0.6 is 0 Å². The molecule has 0 spiro atoms. The smallest absolute Gasteiger partial charge is 0.257 e. The minimum Gasteiger partial charge on any atom is -0.338 e. The molecule has 1 amide bonds. The first-order valence-corrected chi connectivity index (χ1v) is 17.9. The molecule has 1 saturated carbocycles. The lowest BCUT2D eigenvalue weighted by molar-refractivity contribution is -0.0571. The molecule has 3 aliphatic heterocycles. The molecule has 4 heterocycles. The van der Waals surface area contributed by atoms with Gasteiger partial charge in [0.05, 0.1) is 23.2 Å². The highest BCUT2D eigenvalue weighted by Crippen LogP contribution is 2.40. The average molecular weight is 589 g/mol. The van der Waals surface area contributed by atoms with Gasteiger partial charge < -0.3 is 4.90 Å². The molecule has 4 fully saturated rings. The van der Waals surface area contributed by atoms with E-state index in [0.717, 1.165) is 75.7 Å². The number of hydrogen-bond donors (Lipinski definition) is 0. The molecule has 10 heteroatoms. The van der Waals surface area contributed by atoms with Crippen molar-refractivity contribution in [2.75, 3.05) is 52.1 Å². The second kappa shape index (κ2) is 12.5. The van der Waals surface area contributed by atoms with E-state index >= 15 is 0 Å². The molecule has 1 aliphatic carbocycles. The van der Waals surface area contributed by atoms with Crippen LogP contribution in [0.5, 0.6) is 0 Å². The number of nitrogens with zero attached hydrogens (tertiary/aromatic N) is 6. The molecular weight excluding hydrogens is 536 g/mol. The summed E-state index contributed by atoms with van der Waals surface area (Å²) in [5, 5.41) is 0. The lowest BCUT2D eigenvalue weighted by Crippen LogP contribution is -2.65. The number of aryl methyl sites for hydroxylation is 2. The summed E-state index contributed by atoms with van der Waals surface area (Å²) >= 11 is 0. The quantitative estimate of drug-likeness (QED) is 0.501. The number of piperazine rings is 1. The van der Waals surface area contributed by atoms with E-state index in [1.165, 1.54) is 44.7 Å².